The van der Waals surface area contributed by atoms with Crippen molar-refractivity contribution in [3.8, 4) is 0 Å². The summed E-state index contributed by atoms with van der Waals surface area (Å²) < 4.78 is 5.27. The SMILES string of the molecule is NCc1ccc(C(=O)Cc2cccnc2)o1. The lowest BCUT2D eigenvalue weighted by Gasteiger charge is -1.97. The molecule has 0 saturated heterocycles. The zero-order valence-electron chi connectivity index (χ0n) is 8.72. The number of furan rings is 1. The second-order valence-electron chi connectivity index (χ2n) is 3.43. The average molecular weight is 216 g/mol. The van der Waals surface area contributed by atoms with Gasteiger partial charge in [-0.1, -0.05) is 6.07 Å². The van der Waals surface area contributed by atoms with Crippen LogP contribution in [0.5, 0.6) is 0 Å². The molecule has 0 fully saturated rings. The normalized spacial score (nSPS) is 10.3. The van der Waals surface area contributed by atoms with E-state index in [2.05, 4.69) is 4.98 Å². The summed E-state index contributed by atoms with van der Waals surface area (Å²) in [4.78, 5) is 15.7. The number of carbonyl (C=O) groups is 1. The molecule has 16 heavy (non-hydrogen) atoms. The van der Waals surface area contributed by atoms with Crippen LogP contribution in [0.25, 0.3) is 0 Å². The fourth-order valence-electron chi connectivity index (χ4n) is 1.41. The molecule has 4 nitrogen and oxygen atoms in total. The Morgan fingerprint density at radius 1 is 1.38 bits per heavy atom. The Hall–Kier alpha value is -1.94. The molecule has 0 radical (unpaired) electrons. The zero-order chi connectivity index (χ0) is 11.4. The number of nitrogens with two attached hydrogens (primary N) is 1. The van der Waals surface area contributed by atoms with Crippen LogP contribution >= 0.6 is 0 Å². The maximum Gasteiger partial charge on any atom is 0.202 e. The first-order valence-electron chi connectivity index (χ1n) is 5.00. The molecule has 2 aromatic rings. The Kier molecular flexibility index (Phi) is 3.12. The van der Waals surface area contributed by atoms with Gasteiger partial charge >= 0.3 is 0 Å². The zero-order valence-corrected chi connectivity index (χ0v) is 8.72. The number of aromatic nitrogens is 1. The van der Waals surface area contributed by atoms with Crippen LogP contribution in [0.4, 0.5) is 0 Å². The van der Waals surface area contributed by atoms with Crippen molar-refractivity contribution >= 4 is 5.78 Å². The highest BCUT2D eigenvalue weighted by Gasteiger charge is 2.11. The lowest BCUT2D eigenvalue weighted by molar-refractivity contribution is 0.0964. The van der Waals surface area contributed by atoms with Gasteiger partial charge in [-0.2, -0.15) is 0 Å². The summed E-state index contributed by atoms with van der Waals surface area (Å²) in [5.41, 5.74) is 6.27. The van der Waals surface area contributed by atoms with E-state index in [9.17, 15) is 4.79 Å². The van der Waals surface area contributed by atoms with Crippen molar-refractivity contribution < 1.29 is 9.21 Å². The Balaban J connectivity index is 2.09. The van der Waals surface area contributed by atoms with Crippen molar-refractivity contribution in [2.75, 3.05) is 0 Å². The summed E-state index contributed by atoms with van der Waals surface area (Å²) in [5, 5.41) is 0. The van der Waals surface area contributed by atoms with Crippen LogP contribution in [0.2, 0.25) is 0 Å². The highest BCUT2D eigenvalue weighted by Crippen LogP contribution is 2.10. The first-order chi connectivity index (χ1) is 7.79. The van der Waals surface area contributed by atoms with Gasteiger partial charge < -0.3 is 10.2 Å². The van der Waals surface area contributed by atoms with Crippen LogP contribution < -0.4 is 5.73 Å². The molecular formula is C12H12N2O2. The van der Waals surface area contributed by atoms with Gasteiger partial charge in [-0.05, 0) is 23.8 Å². The monoisotopic (exact) mass is 216 g/mol. The number of nitrogens with zero attached hydrogens (tertiary/aromatic N) is 1. The van der Waals surface area contributed by atoms with Gasteiger partial charge in [0.05, 0.1) is 6.54 Å². The first kappa shape index (κ1) is 10.6. The minimum Gasteiger partial charge on any atom is -0.457 e. The summed E-state index contributed by atoms with van der Waals surface area (Å²) in [5.74, 6) is 0.909. The van der Waals surface area contributed by atoms with Crippen LogP contribution in [0.1, 0.15) is 21.9 Å². The minimum absolute atomic E-state index is 0.0623. The molecule has 0 atom stereocenters. The first-order valence-corrected chi connectivity index (χ1v) is 5.00. The third-order valence-corrected chi connectivity index (χ3v) is 2.23. The summed E-state index contributed by atoms with van der Waals surface area (Å²) in [6.45, 7) is 0.306. The third-order valence-electron chi connectivity index (χ3n) is 2.23. The fraction of sp³-hybridized carbons (Fsp3) is 0.167. The highest BCUT2D eigenvalue weighted by molar-refractivity contribution is 5.94. The van der Waals surface area contributed by atoms with Gasteiger partial charge in [0.25, 0.3) is 0 Å². The van der Waals surface area contributed by atoms with Crippen LogP contribution in [0.3, 0.4) is 0 Å². The fourth-order valence-corrected chi connectivity index (χ4v) is 1.41. The van der Waals surface area contributed by atoms with E-state index in [1.165, 1.54) is 0 Å². The van der Waals surface area contributed by atoms with Crippen LogP contribution in [-0.4, -0.2) is 10.8 Å². The van der Waals surface area contributed by atoms with Gasteiger partial charge in [0, 0.05) is 18.8 Å². The molecule has 2 heterocycles. The predicted molar refractivity (Wildman–Crippen MR) is 58.9 cm³/mol. The van der Waals surface area contributed by atoms with E-state index < -0.39 is 0 Å². The van der Waals surface area contributed by atoms with E-state index in [0.29, 0.717) is 24.5 Å². The highest BCUT2D eigenvalue weighted by atomic mass is 16.3. The van der Waals surface area contributed by atoms with Crippen molar-refractivity contribution in [1.29, 1.82) is 0 Å². The second-order valence-corrected chi connectivity index (χ2v) is 3.43. The van der Waals surface area contributed by atoms with Gasteiger partial charge in [-0.15, -0.1) is 0 Å². The van der Waals surface area contributed by atoms with Gasteiger partial charge in [0.1, 0.15) is 5.76 Å². The van der Waals surface area contributed by atoms with E-state index in [1.807, 2.05) is 6.07 Å². The number of ketones is 1. The van der Waals surface area contributed by atoms with Gasteiger partial charge in [-0.3, -0.25) is 9.78 Å². The molecule has 0 unspecified atom stereocenters. The molecule has 0 aliphatic rings. The van der Waals surface area contributed by atoms with Gasteiger partial charge in [0.15, 0.2) is 5.76 Å². The largest absolute Gasteiger partial charge is 0.457 e. The number of Topliss-reactive ketones (excluding diaryl/α,β-unsaturated/α-hetero) is 1. The van der Waals surface area contributed by atoms with E-state index in [1.54, 1.807) is 30.6 Å². The van der Waals surface area contributed by atoms with Gasteiger partial charge in [-0.25, -0.2) is 0 Å². The number of hydrogen-bond donors (Lipinski definition) is 1. The Morgan fingerprint density at radius 2 is 2.25 bits per heavy atom. The van der Waals surface area contributed by atoms with E-state index >= 15 is 0 Å². The molecule has 0 saturated carbocycles. The molecule has 0 aliphatic heterocycles. The van der Waals surface area contributed by atoms with Crippen molar-refractivity contribution in [2.24, 2.45) is 5.73 Å². The Morgan fingerprint density at radius 3 is 2.88 bits per heavy atom. The van der Waals surface area contributed by atoms with Crippen LogP contribution in [0, 0.1) is 0 Å². The van der Waals surface area contributed by atoms with Crippen LogP contribution in [0.15, 0.2) is 41.1 Å². The minimum atomic E-state index is -0.0623. The quantitative estimate of drug-likeness (QED) is 0.787. The lowest BCUT2D eigenvalue weighted by atomic mass is 10.1. The molecule has 0 spiro atoms. The maximum absolute atomic E-state index is 11.8. The molecule has 0 amide bonds. The summed E-state index contributed by atoms with van der Waals surface area (Å²) in [6, 6.07) is 7.03. The van der Waals surface area contributed by atoms with Crippen molar-refractivity contribution in [3.05, 3.63) is 53.7 Å². The second kappa shape index (κ2) is 4.72. The van der Waals surface area contributed by atoms with Crippen LogP contribution in [-0.2, 0) is 13.0 Å². The molecule has 2 aromatic heterocycles. The average Bonchev–Trinajstić information content (AvgIpc) is 2.79. The Bertz CT molecular complexity index is 477. The van der Waals surface area contributed by atoms with E-state index in [0.717, 1.165) is 5.56 Å². The predicted octanol–water partition coefficient (Wildman–Crippen LogP) is 1.56. The molecule has 4 heteroatoms. The summed E-state index contributed by atoms with van der Waals surface area (Å²) in [6.07, 6.45) is 3.64. The molecule has 0 aromatic carbocycles. The van der Waals surface area contributed by atoms with E-state index in [4.69, 9.17) is 10.2 Å². The molecule has 2 N–H and O–H groups in total. The third kappa shape index (κ3) is 2.35. The van der Waals surface area contributed by atoms with Crippen molar-refractivity contribution in [3.63, 3.8) is 0 Å². The lowest BCUT2D eigenvalue weighted by Crippen LogP contribution is -2.02. The number of carbonyl (C=O) groups excluding carboxylic acids is 1. The summed E-state index contributed by atoms with van der Waals surface area (Å²) >= 11 is 0. The number of rotatable bonds is 4. The number of pyridine rings is 1. The smallest absolute Gasteiger partial charge is 0.202 e. The topological polar surface area (TPSA) is 69.1 Å². The molecule has 2 rings (SSSR count). The summed E-state index contributed by atoms with van der Waals surface area (Å²) in [7, 11) is 0. The molecular weight excluding hydrogens is 204 g/mol. The molecule has 0 bridgehead atoms. The van der Waals surface area contributed by atoms with Gasteiger partial charge in [0.2, 0.25) is 5.78 Å². The standard InChI is InChI=1S/C12H12N2O2/c13-7-10-3-4-12(16-10)11(15)6-9-2-1-5-14-8-9/h1-5,8H,6-7,13H2. The maximum atomic E-state index is 11.8. The van der Waals surface area contributed by atoms with E-state index in [-0.39, 0.29) is 5.78 Å². The van der Waals surface area contributed by atoms with Crippen molar-refractivity contribution in [2.45, 2.75) is 13.0 Å². The molecule has 0 aliphatic carbocycles. The van der Waals surface area contributed by atoms with Crippen molar-refractivity contribution in [1.82, 2.24) is 4.98 Å². The number of hydrogen-bond acceptors (Lipinski definition) is 4. The Labute approximate surface area is 93.1 Å². The molecule has 82 valence electrons.